The molecular weight excluding hydrogens is 166 g/mol. The molecule has 4 nitrogen and oxygen atoms in total. The Morgan fingerprint density at radius 2 is 2.38 bits per heavy atom. The quantitative estimate of drug-likeness (QED) is 0.767. The van der Waals surface area contributed by atoms with Gasteiger partial charge in [0.2, 0.25) is 5.91 Å². The highest BCUT2D eigenvalue weighted by molar-refractivity contribution is 5.89. The maximum atomic E-state index is 11.2. The third kappa shape index (κ3) is 2.31. The van der Waals surface area contributed by atoms with E-state index in [2.05, 4.69) is 10.3 Å². The summed E-state index contributed by atoms with van der Waals surface area (Å²) in [6.07, 6.45) is 3.09. The molecule has 0 aliphatic heterocycles. The number of amides is 1. The number of hydrogen-bond donors (Lipinski definition) is 1. The molecule has 0 aliphatic rings. The second-order valence-corrected chi connectivity index (χ2v) is 3.05. The molecule has 1 aromatic rings. The summed E-state index contributed by atoms with van der Waals surface area (Å²) in [5, 5.41) is 2.79. The van der Waals surface area contributed by atoms with Crippen LogP contribution in [0.25, 0.3) is 0 Å². The molecule has 4 heteroatoms. The molecule has 0 saturated carbocycles. The van der Waals surface area contributed by atoms with Crippen LogP contribution in [0.15, 0.2) is 6.20 Å². The van der Waals surface area contributed by atoms with Crippen molar-refractivity contribution in [3.05, 3.63) is 12.0 Å². The molecule has 1 N–H and O–H groups in total. The predicted octanol–water partition coefficient (Wildman–Crippen LogP) is 1.47. The van der Waals surface area contributed by atoms with Crippen LogP contribution in [0, 0.1) is 6.92 Å². The average molecular weight is 181 g/mol. The molecule has 0 aromatic carbocycles. The van der Waals surface area contributed by atoms with Crippen LogP contribution in [0.3, 0.4) is 0 Å². The highest BCUT2D eigenvalue weighted by Crippen LogP contribution is 2.08. The number of aryl methyl sites for hydroxylation is 1. The van der Waals surface area contributed by atoms with Gasteiger partial charge in [-0.1, -0.05) is 6.92 Å². The van der Waals surface area contributed by atoms with E-state index < -0.39 is 0 Å². The standard InChI is InChI=1S/C9H15N3O/c1-4-5-9(13)11-8-6-10-7(2)12(8)3/h6H,4-5H2,1-3H3,(H,11,13). The first-order chi connectivity index (χ1) is 6.15. The second-order valence-electron chi connectivity index (χ2n) is 3.05. The lowest BCUT2D eigenvalue weighted by atomic mass is 10.3. The number of carbonyl (C=O) groups excluding carboxylic acids is 1. The van der Waals surface area contributed by atoms with Crippen molar-refractivity contribution in [2.24, 2.45) is 7.05 Å². The summed E-state index contributed by atoms with van der Waals surface area (Å²) in [4.78, 5) is 15.3. The van der Waals surface area contributed by atoms with Gasteiger partial charge >= 0.3 is 0 Å². The van der Waals surface area contributed by atoms with Crippen LogP contribution in [0.5, 0.6) is 0 Å². The average Bonchev–Trinajstić information content (AvgIpc) is 2.37. The Kier molecular flexibility index (Phi) is 3.06. The summed E-state index contributed by atoms with van der Waals surface area (Å²) in [5.41, 5.74) is 0. The molecule has 0 unspecified atom stereocenters. The zero-order valence-corrected chi connectivity index (χ0v) is 8.29. The molecule has 0 bridgehead atoms. The van der Waals surface area contributed by atoms with Crippen molar-refractivity contribution in [2.75, 3.05) is 5.32 Å². The highest BCUT2D eigenvalue weighted by Gasteiger charge is 2.05. The number of nitrogens with one attached hydrogen (secondary N) is 1. The molecule has 1 rings (SSSR count). The Balaban J connectivity index is 2.64. The first-order valence-corrected chi connectivity index (χ1v) is 4.43. The van der Waals surface area contributed by atoms with Gasteiger partial charge < -0.3 is 9.88 Å². The van der Waals surface area contributed by atoms with Crippen molar-refractivity contribution in [3.63, 3.8) is 0 Å². The van der Waals surface area contributed by atoms with Gasteiger partial charge in [-0.15, -0.1) is 0 Å². The molecule has 0 atom stereocenters. The van der Waals surface area contributed by atoms with Crippen LogP contribution in [-0.2, 0) is 11.8 Å². The van der Waals surface area contributed by atoms with E-state index in [4.69, 9.17) is 0 Å². The monoisotopic (exact) mass is 181 g/mol. The molecule has 1 aromatic heterocycles. The number of imidazole rings is 1. The van der Waals surface area contributed by atoms with E-state index in [1.807, 2.05) is 25.5 Å². The number of aromatic nitrogens is 2. The van der Waals surface area contributed by atoms with Crippen molar-refractivity contribution in [1.29, 1.82) is 0 Å². The molecule has 0 spiro atoms. The van der Waals surface area contributed by atoms with Crippen molar-refractivity contribution in [1.82, 2.24) is 9.55 Å². The normalized spacial score (nSPS) is 10.1. The summed E-state index contributed by atoms with van der Waals surface area (Å²) >= 11 is 0. The lowest BCUT2D eigenvalue weighted by Crippen LogP contribution is -2.13. The van der Waals surface area contributed by atoms with Crippen LogP contribution in [-0.4, -0.2) is 15.5 Å². The number of rotatable bonds is 3. The van der Waals surface area contributed by atoms with Crippen molar-refractivity contribution < 1.29 is 4.79 Å². The van der Waals surface area contributed by atoms with Gasteiger partial charge in [0.05, 0.1) is 6.20 Å². The van der Waals surface area contributed by atoms with Crippen LogP contribution in [0.4, 0.5) is 5.82 Å². The smallest absolute Gasteiger partial charge is 0.225 e. The highest BCUT2D eigenvalue weighted by atomic mass is 16.1. The van der Waals surface area contributed by atoms with Gasteiger partial charge in [-0.05, 0) is 13.3 Å². The maximum absolute atomic E-state index is 11.2. The SMILES string of the molecule is CCCC(=O)Nc1cnc(C)n1C. The van der Waals surface area contributed by atoms with Crippen molar-refractivity contribution >= 4 is 11.7 Å². The Morgan fingerprint density at radius 3 is 2.85 bits per heavy atom. The Hall–Kier alpha value is -1.32. The molecular formula is C9H15N3O. The van der Waals surface area contributed by atoms with E-state index in [0.29, 0.717) is 6.42 Å². The number of hydrogen-bond acceptors (Lipinski definition) is 2. The number of carbonyl (C=O) groups is 1. The Morgan fingerprint density at radius 1 is 1.69 bits per heavy atom. The van der Waals surface area contributed by atoms with Gasteiger partial charge in [-0.25, -0.2) is 4.98 Å². The topological polar surface area (TPSA) is 46.9 Å². The molecule has 0 saturated heterocycles. The molecule has 0 radical (unpaired) electrons. The fraction of sp³-hybridized carbons (Fsp3) is 0.556. The van der Waals surface area contributed by atoms with Gasteiger partial charge in [-0.3, -0.25) is 4.79 Å². The zero-order chi connectivity index (χ0) is 9.84. The Bertz CT molecular complexity index is 304. The third-order valence-corrected chi connectivity index (χ3v) is 1.96. The largest absolute Gasteiger partial charge is 0.318 e. The second kappa shape index (κ2) is 4.07. The van der Waals surface area contributed by atoms with E-state index in [0.717, 1.165) is 18.1 Å². The number of nitrogens with zero attached hydrogens (tertiary/aromatic N) is 2. The van der Waals surface area contributed by atoms with E-state index in [1.54, 1.807) is 6.20 Å². The molecule has 0 aliphatic carbocycles. The summed E-state index contributed by atoms with van der Waals surface area (Å²) in [6, 6.07) is 0. The molecule has 0 fully saturated rings. The fourth-order valence-electron chi connectivity index (χ4n) is 1.05. The van der Waals surface area contributed by atoms with Gasteiger partial charge in [0.1, 0.15) is 11.6 Å². The van der Waals surface area contributed by atoms with Gasteiger partial charge in [-0.2, -0.15) is 0 Å². The Labute approximate surface area is 78.0 Å². The van der Waals surface area contributed by atoms with Gasteiger partial charge in [0.25, 0.3) is 0 Å². The molecule has 1 heterocycles. The fourth-order valence-corrected chi connectivity index (χ4v) is 1.05. The summed E-state index contributed by atoms with van der Waals surface area (Å²) < 4.78 is 1.85. The first-order valence-electron chi connectivity index (χ1n) is 4.43. The summed E-state index contributed by atoms with van der Waals surface area (Å²) in [7, 11) is 1.88. The minimum absolute atomic E-state index is 0.0468. The van der Waals surface area contributed by atoms with E-state index in [-0.39, 0.29) is 5.91 Å². The summed E-state index contributed by atoms with van der Waals surface area (Å²) in [6.45, 7) is 3.88. The van der Waals surface area contributed by atoms with Crippen LogP contribution in [0.2, 0.25) is 0 Å². The zero-order valence-electron chi connectivity index (χ0n) is 8.29. The van der Waals surface area contributed by atoms with Crippen molar-refractivity contribution in [3.8, 4) is 0 Å². The molecule has 72 valence electrons. The maximum Gasteiger partial charge on any atom is 0.225 e. The predicted molar refractivity (Wildman–Crippen MR) is 51.5 cm³/mol. The van der Waals surface area contributed by atoms with Crippen molar-refractivity contribution in [2.45, 2.75) is 26.7 Å². The minimum atomic E-state index is 0.0468. The number of anilines is 1. The first kappa shape index (κ1) is 9.77. The summed E-state index contributed by atoms with van der Waals surface area (Å²) in [5.74, 6) is 1.70. The lowest BCUT2D eigenvalue weighted by Gasteiger charge is -2.04. The molecule has 13 heavy (non-hydrogen) atoms. The van der Waals surface area contributed by atoms with E-state index in [9.17, 15) is 4.79 Å². The lowest BCUT2D eigenvalue weighted by molar-refractivity contribution is -0.116. The van der Waals surface area contributed by atoms with Crippen LogP contribution >= 0.6 is 0 Å². The van der Waals surface area contributed by atoms with Crippen LogP contribution < -0.4 is 5.32 Å². The molecule has 1 amide bonds. The third-order valence-electron chi connectivity index (χ3n) is 1.96. The van der Waals surface area contributed by atoms with E-state index >= 15 is 0 Å². The van der Waals surface area contributed by atoms with E-state index in [1.165, 1.54) is 0 Å². The van der Waals surface area contributed by atoms with Crippen LogP contribution in [0.1, 0.15) is 25.6 Å². The minimum Gasteiger partial charge on any atom is -0.318 e. The van der Waals surface area contributed by atoms with Gasteiger partial charge in [0, 0.05) is 13.5 Å². The van der Waals surface area contributed by atoms with Gasteiger partial charge in [0.15, 0.2) is 0 Å².